The Morgan fingerprint density at radius 2 is 2.19 bits per heavy atom. The zero-order valence-corrected chi connectivity index (χ0v) is 9.48. The zero-order valence-electron chi connectivity index (χ0n) is 9.48. The Balaban J connectivity index is 1.80. The third-order valence-electron chi connectivity index (χ3n) is 2.91. The summed E-state index contributed by atoms with van der Waals surface area (Å²) in [6.45, 7) is 3.21. The molecule has 0 amide bonds. The molecule has 1 aliphatic heterocycles. The summed E-state index contributed by atoms with van der Waals surface area (Å²) in [6.07, 6.45) is 0.883. The summed E-state index contributed by atoms with van der Waals surface area (Å²) in [4.78, 5) is 11.7. The highest BCUT2D eigenvalue weighted by Gasteiger charge is 2.27. The number of rotatable bonds is 3. The Kier molecular flexibility index (Phi) is 3.57. The summed E-state index contributed by atoms with van der Waals surface area (Å²) in [5.74, 6) is -0.0561. The van der Waals surface area contributed by atoms with Gasteiger partial charge in [0.15, 0.2) is 0 Å². The number of benzene rings is 1. The Hall–Kier alpha value is -1.35. The third-order valence-corrected chi connectivity index (χ3v) is 2.91. The van der Waals surface area contributed by atoms with Gasteiger partial charge in [0.2, 0.25) is 0 Å². The van der Waals surface area contributed by atoms with E-state index in [1.165, 1.54) is 0 Å². The van der Waals surface area contributed by atoms with Crippen LogP contribution in [0.2, 0.25) is 0 Å². The molecule has 1 heterocycles. The van der Waals surface area contributed by atoms with Crippen LogP contribution in [0.15, 0.2) is 30.3 Å². The monoisotopic (exact) mass is 219 g/mol. The summed E-state index contributed by atoms with van der Waals surface area (Å²) in [5.41, 5.74) is 1.04. The van der Waals surface area contributed by atoms with Gasteiger partial charge in [0.1, 0.15) is 6.61 Å². The molecule has 86 valence electrons. The molecule has 2 rings (SSSR count). The number of carbonyl (C=O) groups excluding carboxylic acids is 1. The van der Waals surface area contributed by atoms with Gasteiger partial charge in [0, 0.05) is 12.6 Å². The fourth-order valence-corrected chi connectivity index (χ4v) is 1.96. The van der Waals surface area contributed by atoms with Crippen molar-refractivity contribution in [1.29, 1.82) is 0 Å². The van der Waals surface area contributed by atoms with E-state index in [1.54, 1.807) is 0 Å². The van der Waals surface area contributed by atoms with Crippen LogP contribution in [0.3, 0.4) is 0 Å². The fourth-order valence-electron chi connectivity index (χ4n) is 1.96. The average molecular weight is 219 g/mol. The number of hydrogen-bond acceptors (Lipinski definition) is 3. The van der Waals surface area contributed by atoms with Crippen LogP contribution < -0.4 is 5.32 Å². The first-order valence-corrected chi connectivity index (χ1v) is 5.69. The Morgan fingerprint density at radius 1 is 1.44 bits per heavy atom. The second-order valence-corrected chi connectivity index (χ2v) is 4.34. The van der Waals surface area contributed by atoms with Crippen LogP contribution in [0, 0.1) is 5.92 Å². The minimum Gasteiger partial charge on any atom is -0.461 e. The van der Waals surface area contributed by atoms with E-state index >= 15 is 0 Å². The lowest BCUT2D eigenvalue weighted by molar-refractivity contribution is -0.149. The molecule has 1 aromatic rings. The van der Waals surface area contributed by atoms with Gasteiger partial charge < -0.3 is 10.1 Å². The van der Waals surface area contributed by atoms with Crippen molar-refractivity contribution < 1.29 is 9.53 Å². The molecule has 0 aliphatic carbocycles. The quantitative estimate of drug-likeness (QED) is 0.787. The molecule has 3 heteroatoms. The molecule has 1 N–H and O–H groups in total. The van der Waals surface area contributed by atoms with E-state index in [0.717, 1.165) is 18.5 Å². The van der Waals surface area contributed by atoms with Crippen LogP contribution in [0.25, 0.3) is 0 Å². The molecule has 1 fully saturated rings. The van der Waals surface area contributed by atoms with Gasteiger partial charge in [0.05, 0.1) is 5.92 Å². The van der Waals surface area contributed by atoms with Gasteiger partial charge in [-0.15, -0.1) is 0 Å². The van der Waals surface area contributed by atoms with Crippen LogP contribution in [0.4, 0.5) is 0 Å². The predicted molar refractivity (Wildman–Crippen MR) is 61.8 cm³/mol. The van der Waals surface area contributed by atoms with Crippen LogP contribution in [0.1, 0.15) is 18.9 Å². The molecular formula is C13H17NO2. The van der Waals surface area contributed by atoms with Crippen molar-refractivity contribution in [2.24, 2.45) is 5.92 Å². The molecular weight excluding hydrogens is 202 g/mol. The fraction of sp³-hybridized carbons (Fsp3) is 0.462. The second-order valence-electron chi connectivity index (χ2n) is 4.34. The first-order chi connectivity index (χ1) is 7.75. The molecule has 3 nitrogen and oxygen atoms in total. The van der Waals surface area contributed by atoms with Crippen molar-refractivity contribution in [1.82, 2.24) is 5.32 Å². The maximum absolute atomic E-state index is 11.7. The van der Waals surface area contributed by atoms with E-state index in [2.05, 4.69) is 12.2 Å². The summed E-state index contributed by atoms with van der Waals surface area (Å²) < 4.78 is 5.28. The number of hydrogen-bond donors (Lipinski definition) is 1. The van der Waals surface area contributed by atoms with Crippen LogP contribution in [-0.2, 0) is 16.1 Å². The lowest BCUT2D eigenvalue weighted by Gasteiger charge is -2.09. The number of esters is 1. The second kappa shape index (κ2) is 5.12. The number of carbonyl (C=O) groups is 1. The van der Waals surface area contributed by atoms with Crippen molar-refractivity contribution in [2.45, 2.75) is 26.0 Å². The average Bonchev–Trinajstić information content (AvgIpc) is 2.74. The first-order valence-electron chi connectivity index (χ1n) is 5.69. The van der Waals surface area contributed by atoms with Crippen molar-refractivity contribution in [3.05, 3.63) is 35.9 Å². The van der Waals surface area contributed by atoms with E-state index in [9.17, 15) is 4.79 Å². The van der Waals surface area contributed by atoms with Gasteiger partial charge >= 0.3 is 5.97 Å². The van der Waals surface area contributed by atoms with Gasteiger partial charge in [0.25, 0.3) is 0 Å². The van der Waals surface area contributed by atoms with E-state index in [0.29, 0.717) is 12.6 Å². The highest BCUT2D eigenvalue weighted by Crippen LogP contribution is 2.15. The molecule has 1 saturated heterocycles. The summed E-state index contributed by atoms with van der Waals surface area (Å²) in [6, 6.07) is 10.2. The number of nitrogens with one attached hydrogen (secondary N) is 1. The minimum atomic E-state index is -0.0827. The lowest BCUT2D eigenvalue weighted by Crippen LogP contribution is -2.20. The topological polar surface area (TPSA) is 38.3 Å². The van der Waals surface area contributed by atoms with Crippen LogP contribution in [-0.4, -0.2) is 18.6 Å². The minimum absolute atomic E-state index is 0.0266. The third kappa shape index (κ3) is 2.83. The maximum Gasteiger partial charge on any atom is 0.310 e. The predicted octanol–water partition coefficient (Wildman–Crippen LogP) is 1.73. The van der Waals surface area contributed by atoms with Gasteiger partial charge in [-0.1, -0.05) is 30.3 Å². The smallest absolute Gasteiger partial charge is 0.310 e. The van der Waals surface area contributed by atoms with Crippen molar-refractivity contribution in [3.8, 4) is 0 Å². The molecule has 1 unspecified atom stereocenters. The van der Waals surface area contributed by atoms with Crippen LogP contribution >= 0.6 is 0 Å². The first kappa shape index (κ1) is 11.1. The summed E-state index contributed by atoms with van der Waals surface area (Å²) in [5, 5.41) is 3.25. The van der Waals surface area contributed by atoms with Gasteiger partial charge in [-0.25, -0.2) is 0 Å². The molecule has 1 aromatic carbocycles. The molecule has 0 spiro atoms. The highest BCUT2D eigenvalue weighted by atomic mass is 16.5. The summed E-state index contributed by atoms with van der Waals surface area (Å²) in [7, 11) is 0. The molecule has 0 radical (unpaired) electrons. The van der Waals surface area contributed by atoms with Crippen molar-refractivity contribution >= 4 is 5.97 Å². The van der Waals surface area contributed by atoms with E-state index in [-0.39, 0.29) is 11.9 Å². The normalized spacial score (nSPS) is 24.3. The molecule has 16 heavy (non-hydrogen) atoms. The van der Waals surface area contributed by atoms with Crippen molar-refractivity contribution in [2.75, 3.05) is 6.54 Å². The molecule has 0 bridgehead atoms. The largest absolute Gasteiger partial charge is 0.461 e. The molecule has 1 aliphatic rings. The molecule has 0 aromatic heterocycles. The summed E-state index contributed by atoms with van der Waals surface area (Å²) >= 11 is 0. The number of ether oxygens (including phenoxy) is 1. The Bertz CT molecular complexity index is 350. The zero-order chi connectivity index (χ0) is 11.4. The van der Waals surface area contributed by atoms with Gasteiger partial charge in [-0.2, -0.15) is 0 Å². The van der Waals surface area contributed by atoms with Gasteiger partial charge in [-0.3, -0.25) is 4.79 Å². The Morgan fingerprint density at radius 3 is 2.81 bits per heavy atom. The van der Waals surface area contributed by atoms with Gasteiger partial charge in [-0.05, 0) is 18.9 Å². The van der Waals surface area contributed by atoms with E-state index < -0.39 is 0 Å². The molecule has 2 atom stereocenters. The SMILES string of the molecule is C[C@@H]1CC(C(=O)OCc2ccccc2)CN1. The van der Waals surface area contributed by atoms with Crippen molar-refractivity contribution in [3.63, 3.8) is 0 Å². The maximum atomic E-state index is 11.7. The highest BCUT2D eigenvalue weighted by molar-refractivity contribution is 5.73. The van der Waals surface area contributed by atoms with Crippen LogP contribution in [0.5, 0.6) is 0 Å². The standard InChI is InChI=1S/C13H17NO2/c1-10-7-12(8-14-10)13(15)16-9-11-5-3-2-4-6-11/h2-6,10,12,14H,7-9H2,1H3/t10-,12?/m1/s1. The Labute approximate surface area is 95.8 Å². The van der Waals surface area contributed by atoms with E-state index in [4.69, 9.17) is 4.74 Å². The lowest BCUT2D eigenvalue weighted by atomic mass is 10.1. The molecule has 0 saturated carbocycles. The van der Waals surface area contributed by atoms with E-state index in [1.807, 2.05) is 30.3 Å².